The summed E-state index contributed by atoms with van der Waals surface area (Å²) in [7, 11) is -3.39. The van der Waals surface area contributed by atoms with Crippen molar-refractivity contribution in [1.29, 1.82) is 0 Å². The lowest BCUT2D eigenvalue weighted by atomic mass is 10.1. The van der Waals surface area contributed by atoms with E-state index < -0.39 is 10.0 Å². The van der Waals surface area contributed by atoms with E-state index in [1.54, 1.807) is 16.4 Å². The van der Waals surface area contributed by atoms with Crippen molar-refractivity contribution < 1.29 is 8.42 Å². The first-order chi connectivity index (χ1) is 8.55. The molecule has 1 unspecified atom stereocenters. The van der Waals surface area contributed by atoms with E-state index in [2.05, 4.69) is 0 Å². The van der Waals surface area contributed by atoms with Gasteiger partial charge in [-0.15, -0.1) is 12.4 Å². The van der Waals surface area contributed by atoms with Gasteiger partial charge in [-0.25, -0.2) is 8.42 Å². The Balaban J connectivity index is 0.00000180. The standard InChI is InChI=1S/C13H20N2O2S.ClH/c1-11-5-7-13(8-6-11)18(16,17)15-9-3-2-4-12(15)10-14;/h5-8,12H,2-4,9-10,14H2,1H3;1H. The Morgan fingerprint density at radius 3 is 2.47 bits per heavy atom. The summed E-state index contributed by atoms with van der Waals surface area (Å²) in [5.74, 6) is 0. The Labute approximate surface area is 121 Å². The van der Waals surface area contributed by atoms with Crippen LogP contribution in [-0.4, -0.2) is 31.9 Å². The second-order valence-electron chi connectivity index (χ2n) is 4.81. The van der Waals surface area contributed by atoms with Crippen LogP contribution in [0, 0.1) is 6.92 Å². The van der Waals surface area contributed by atoms with Crippen LogP contribution in [0.25, 0.3) is 0 Å². The maximum atomic E-state index is 12.5. The molecule has 0 spiro atoms. The van der Waals surface area contributed by atoms with Gasteiger partial charge in [0.15, 0.2) is 0 Å². The normalized spacial score (nSPS) is 20.8. The summed E-state index contributed by atoms with van der Waals surface area (Å²) in [5, 5.41) is 0. The van der Waals surface area contributed by atoms with Crippen molar-refractivity contribution in [2.45, 2.75) is 37.1 Å². The van der Waals surface area contributed by atoms with Gasteiger partial charge in [-0.1, -0.05) is 24.1 Å². The van der Waals surface area contributed by atoms with Crippen LogP contribution in [0.4, 0.5) is 0 Å². The lowest BCUT2D eigenvalue weighted by Gasteiger charge is -2.33. The fourth-order valence-corrected chi connectivity index (χ4v) is 4.08. The molecule has 4 nitrogen and oxygen atoms in total. The largest absolute Gasteiger partial charge is 0.329 e. The molecule has 1 saturated heterocycles. The second-order valence-corrected chi connectivity index (χ2v) is 6.70. The minimum absolute atomic E-state index is 0. The molecule has 1 heterocycles. The first-order valence-corrected chi connectivity index (χ1v) is 7.78. The van der Waals surface area contributed by atoms with E-state index in [-0.39, 0.29) is 18.4 Å². The molecule has 0 bridgehead atoms. The number of hydrogen-bond acceptors (Lipinski definition) is 3. The molecular formula is C13H21ClN2O2S. The minimum atomic E-state index is -3.39. The molecule has 0 radical (unpaired) electrons. The topological polar surface area (TPSA) is 63.4 Å². The third-order valence-electron chi connectivity index (χ3n) is 3.47. The van der Waals surface area contributed by atoms with Gasteiger partial charge in [0.25, 0.3) is 0 Å². The Morgan fingerprint density at radius 1 is 1.26 bits per heavy atom. The summed E-state index contributed by atoms with van der Waals surface area (Å²) in [4.78, 5) is 0.369. The van der Waals surface area contributed by atoms with Gasteiger partial charge in [0.1, 0.15) is 0 Å². The molecule has 1 aromatic rings. The van der Waals surface area contributed by atoms with E-state index in [0.29, 0.717) is 18.0 Å². The van der Waals surface area contributed by atoms with E-state index in [9.17, 15) is 8.42 Å². The van der Waals surface area contributed by atoms with E-state index in [0.717, 1.165) is 24.8 Å². The fourth-order valence-electron chi connectivity index (χ4n) is 2.37. The number of sulfonamides is 1. The monoisotopic (exact) mass is 304 g/mol. The maximum Gasteiger partial charge on any atom is 0.243 e. The highest BCUT2D eigenvalue weighted by molar-refractivity contribution is 7.89. The third kappa shape index (κ3) is 3.48. The molecule has 2 N–H and O–H groups in total. The van der Waals surface area contributed by atoms with Crippen LogP contribution in [0.15, 0.2) is 29.2 Å². The molecule has 0 amide bonds. The van der Waals surface area contributed by atoms with Crippen LogP contribution in [0.2, 0.25) is 0 Å². The minimum Gasteiger partial charge on any atom is -0.329 e. The Morgan fingerprint density at radius 2 is 1.89 bits per heavy atom. The first kappa shape index (κ1) is 16.4. The average Bonchev–Trinajstić information content (AvgIpc) is 2.39. The van der Waals surface area contributed by atoms with Gasteiger partial charge in [0.05, 0.1) is 4.90 Å². The van der Waals surface area contributed by atoms with Crippen LogP contribution >= 0.6 is 12.4 Å². The highest BCUT2D eigenvalue weighted by atomic mass is 35.5. The van der Waals surface area contributed by atoms with Crippen LogP contribution in [0.5, 0.6) is 0 Å². The van der Waals surface area contributed by atoms with E-state index >= 15 is 0 Å². The van der Waals surface area contributed by atoms with E-state index in [4.69, 9.17) is 5.73 Å². The predicted octanol–water partition coefficient (Wildman–Crippen LogP) is 1.92. The lowest BCUT2D eigenvalue weighted by molar-refractivity contribution is 0.257. The molecule has 1 aliphatic rings. The smallest absolute Gasteiger partial charge is 0.243 e. The number of nitrogens with zero attached hydrogens (tertiary/aromatic N) is 1. The predicted molar refractivity (Wildman–Crippen MR) is 79.0 cm³/mol. The molecule has 1 atom stereocenters. The van der Waals surface area contributed by atoms with Gasteiger partial charge in [0, 0.05) is 19.1 Å². The molecule has 0 saturated carbocycles. The van der Waals surface area contributed by atoms with Crippen LogP contribution in [0.1, 0.15) is 24.8 Å². The molecule has 1 aromatic carbocycles. The van der Waals surface area contributed by atoms with E-state index in [1.165, 1.54) is 0 Å². The zero-order valence-corrected chi connectivity index (χ0v) is 12.7. The Kier molecular flexibility index (Phi) is 5.80. The molecule has 108 valence electrons. The fraction of sp³-hybridized carbons (Fsp3) is 0.538. The number of rotatable bonds is 3. The quantitative estimate of drug-likeness (QED) is 0.928. The van der Waals surface area contributed by atoms with Crippen molar-refractivity contribution in [2.75, 3.05) is 13.1 Å². The van der Waals surface area contributed by atoms with Crippen molar-refractivity contribution in [3.63, 3.8) is 0 Å². The van der Waals surface area contributed by atoms with Crippen molar-refractivity contribution in [3.8, 4) is 0 Å². The number of halogens is 1. The molecule has 0 aliphatic carbocycles. The van der Waals surface area contributed by atoms with Crippen molar-refractivity contribution in [2.24, 2.45) is 5.73 Å². The summed E-state index contributed by atoms with van der Waals surface area (Å²) < 4.78 is 26.6. The SMILES string of the molecule is Cc1ccc(S(=O)(=O)N2CCCCC2CN)cc1.Cl. The summed E-state index contributed by atoms with van der Waals surface area (Å²) in [6.45, 7) is 2.92. The number of hydrogen-bond donors (Lipinski definition) is 1. The molecule has 19 heavy (non-hydrogen) atoms. The zero-order chi connectivity index (χ0) is 13.2. The van der Waals surface area contributed by atoms with Gasteiger partial charge < -0.3 is 5.73 Å². The Hall–Kier alpha value is -0.620. The molecule has 0 aromatic heterocycles. The highest BCUT2D eigenvalue weighted by Gasteiger charge is 2.32. The molecule has 6 heteroatoms. The average molecular weight is 305 g/mol. The third-order valence-corrected chi connectivity index (χ3v) is 5.44. The van der Waals surface area contributed by atoms with Crippen LogP contribution in [-0.2, 0) is 10.0 Å². The van der Waals surface area contributed by atoms with Crippen LogP contribution < -0.4 is 5.73 Å². The number of nitrogens with two attached hydrogens (primary N) is 1. The molecule has 2 rings (SSSR count). The highest BCUT2D eigenvalue weighted by Crippen LogP contribution is 2.24. The van der Waals surface area contributed by atoms with Crippen molar-refractivity contribution in [1.82, 2.24) is 4.31 Å². The van der Waals surface area contributed by atoms with Gasteiger partial charge >= 0.3 is 0 Å². The van der Waals surface area contributed by atoms with Crippen molar-refractivity contribution in [3.05, 3.63) is 29.8 Å². The first-order valence-electron chi connectivity index (χ1n) is 6.34. The number of benzene rings is 1. The van der Waals surface area contributed by atoms with Crippen molar-refractivity contribution >= 4 is 22.4 Å². The summed E-state index contributed by atoms with van der Waals surface area (Å²) in [5.41, 5.74) is 6.74. The molecular weight excluding hydrogens is 284 g/mol. The van der Waals surface area contributed by atoms with Gasteiger partial charge in [0.2, 0.25) is 10.0 Å². The summed E-state index contributed by atoms with van der Waals surface area (Å²) in [6.07, 6.45) is 2.84. The number of piperidine rings is 1. The summed E-state index contributed by atoms with van der Waals surface area (Å²) >= 11 is 0. The van der Waals surface area contributed by atoms with E-state index in [1.807, 2.05) is 19.1 Å². The lowest BCUT2D eigenvalue weighted by Crippen LogP contribution is -2.47. The Bertz CT molecular complexity index is 502. The van der Waals surface area contributed by atoms with Gasteiger partial charge in [-0.3, -0.25) is 0 Å². The number of aryl methyl sites for hydroxylation is 1. The van der Waals surface area contributed by atoms with Crippen LogP contribution in [0.3, 0.4) is 0 Å². The molecule has 1 aliphatic heterocycles. The zero-order valence-electron chi connectivity index (χ0n) is 11.1. The second kappa shape index (κ2) is 6.70. The maximum absolute atomic E-state index is 12.5. The molecule has 1 fully saturated rings. The summed E-state index contributed by atoms with van der Waals surface area (Å²) in [6, 6.07) is 6.95. The van der Waals surface area contributed by atoms with Gasteiger partial charge in [-0.2, -0.15) is 4.31 Å². The van der Waals surface area contributed by atoms with Gasteiger partial charge in [-0.05, 0) is 31.9 Å².